The van der Waals surface area contributed by atoms with Crippen molar-refractivity contribution >= 4 is 16.7 Å². The Balaban J connectivity index is 0.00000259. The second-order valence-corrected chi connectivity index (χ2v) is 8.19. The normalized spacial score (nSPS) is 14.6. The monoisotopic (exact) mass is 450 g/mol. The molecule has 1 aromatic carbocycles. The smallest absolute Gasteiger partial charge is 0.352 e. The minimum absolute atomic E-state index is 0. The van der Waals surface area contributed by atoms with Crippen molar-refractivity contribution in [1.29, 1.82) is 0 Å². The molecule has 0 aliphatic carbocycles. The van der Waals surface area contributed by atoms with Crippen LogP contribution in [0.2, 0.25) is 0 Å². The molecule has 1 fully saturated rings. The summed E-state index contributed by atoms with van der Waals surface area (Å²) in [4.78, 5) is 24.5. The van der Waals surface area contributed by atoms with Gasteiger partial charge < -0.3 is 9.47 Å². The molecule has 0 unspecified atom stereocenters. The van der Waals surface area contributed by atoms with Gasteiger partial charge in [-0.25, -0.2) is 14.8 Å². The van der Waals surface area contributed by atoms with Crippen LogP contribution < -0.4 is 10.4 Å². The molecule has 0 N–H and O–H groups in total. The Kier molecular flexibility index (Phi) is 6.71. The van der Waals surface area contributed by atoms with Crippen molar-refractivity contribution in [2.45, 2.75) is 39.4 Å². The third-order valence-electron chi connectivity index (χ3n) is 6.13. The van der Waals surface area contributed by atoms with E-state index < -0.39 is 0 Å². The van der Waals surface area contributed by atoms with Crippen molar-refractivity contribution in [3.8, 4) is 5.75 Å². The highest BCUT2D eigenvalue weighted by molar-refractivity contribution is 5.89. The first kappa shape index (κ1) is 22.9. The Morgan fingerprint density at radius 2 is 1.88 bits per heavy atom. The molecule has 0 bridgehead atoms. The first-order valence-corrected chi connectivity index (χ1v) is 10.8. The fraction of sp³-hybridized carbons (Fsp3) is 0.417. The van der Waals surface area contributed by atoms with Gasteiger partial charge in [0.25, 0.3) is 0 Å². The van der Waals surface area contributed by atoms with Crippen LogP contribution in [-0.2, 0) is 17.8 Å². The highest BCUT2D eigenvalue weighted by atomic mass is 16.5. The van der Waals surface area contributed by atoms with Gasteiger partial charge in [0.05, 0.1) is 19.0 Å². The number of hydrogen-bond acceptors (Lipinski definition) is 7. The van der Waals surface area contributed by atoms with Crippen LogP contribution in [0.5, 0.6) is 5.75 Å². The molecule has 1 aliphatic heterocycles. The summed E-state index contributed by atoms with van der Waals surface area (Å²) in [6, 6.07) is 10.2. The second kappa shape index (κ2) is 9.68. The van der Waals surface area contributed by atoms with Gasteiger partial charge in [0.2, 0.25) is 0 Å². The lowest BCUT2D eigenvalue weighted by Crippen LogP contribution is -2.36. The molecule has 0 amide bonds. The van der Waals surface area contributed by atoms with E-state index in [1.54, 1.807) is 11.7 Å². The predicted molar refractivity (Wildman–Crippen MR) is 127 cm³/mol. The Hall–Kier alpha value is -3.30. The Morgan fingerprint density at radius 3 is 2.61 bits per heavy atom. The zero-order chi connectivity index (χ0) is 22.1. The van der Waals surface area contributed by atoms with Gasteiger partial charge >= 0.3 is 5.69 Å². The van der Waals surface area contributed by atoms with Crippen LogP contribution >= 0.6 is 0 Å². The fourth-order valence-corrected chi connectivity index (χ4v) is 4.34. The molecular weight excluding hydrogens is 420 g/mol. The lowest BCUT2D eigenvalue weighted by molar-refractivity contribution is 0.0407. The molecule has 4 aromatic rings. The molecule has 0 saturated carbocycles. The fourth-order valence-electron chi connectivity index (χ4n) is 4.34. The summed E-state index contributed by atoms with van der Waals surface area (Å²) in [6.07, 6.45) is 5.34. The van der Waals surface area contributed by atoms with Gasteiger partial charge in [-0.05, 0) is 49.2 Å². The maximum atomic E-state index is 13.1. The van der Waals surface area contributed by atoms with Crippen LogP contribution in [0.3, 0.4) is 0 Å². The summed E-state index contributed by atoms with van der Waals surface area (Å²) in [7, 11) is 3.77. The number of aromatic nitrogens is 5. The van der Waals surface area contributed by atoms with E-state index in [0.717, 1.165) is 54.9 Å². The van der Waals surface area contributed by atoms with Crippen molar-refractivity contribution in [3.63, 3.8) is 0 Å². The van der Waals surface area contributed by atoms with Gasteiger partial charge in [0.1, 0.15) is 17.7 Å². The van der Waals surface area contributed by atoms with Gasteiger partial charge in [-0.3, -0.25) is 9.47 Å². The highest BCUT2D eigenvalue weighted by Gasteiger charge is 2.20. The maximum absolute atomic E-state index is 13.1. The minimum Gasteiger partial charge on any atom is -0.497 e. The van der Waals surface area contributed by atoms with Gasteiger partial charge in [0.15, 0.2) is 5.65 Å². The summed E-state index contributed by atoms with van der Waals surface area (Å²) in [6.45, 7) is 2.76. The van der Waals surface area contributed by atoms with E-state index in [0.29, 0.717) is 23.9 Å². The summed E-state index contributed by atoms with van der Waals surface area (Å²) < 4.78 is 13.7. The number of methoxy groups -OCH3 is 1. The number of pyridine rings is 1. The molecule has 33 heavy (non-hydrogen) atoms. The molecule has 0 spiro atoms. The van der Waals surface area contributed by atoms with E-state index >= 15 is 0 Å². The van der Waals surface area contributed by atoms with E-state index in [2.05, 4.69) is 28.1 Å². The zero-order valence-corrected chi connectivity index (χ0v) is 18.3. The highest BCUT2D eigenvalue weighted by Crippen LogP contribution is 2.21. The summed E-state index contributed by atoms with van der Waals surface area (Å²) >= 11 is 0. The summed E-state index contributed by atoms with van der Waals surface area (Å²) in [5.74, 6) is 0.772. The van der Waals surface area contributed by atoms with Crippen LogP contribution in [0.25, 0.3) is 16.7 Å². The van der Waals surface area contributed by atoms with Crippen LogP contribution in [0.1, 0.15) is 31.4 Å². The summed E-state index contributed by atoms with van der Waals surface area (Å²) in [5.41, 5.74) is 2.91. The number of ether oxygens (including phenoxy) is 2. The minimum atomic E-state index is -0.264. The first-order valence-electron chi connectivity index (χ1n) is 10.8. The molecule has 174 valence electrons. The van der Waals surface area contributed by atoms with Crippen molar-refractivity contribution < 1.29 is 9.47 Å². The van der Waals surface area contributed by atoms with Crippen molar-refractivity contribution in [1.82, 2.24) is 29.0 Å². The molecule has 9 nitrogen and oxygen atoms in total. The number of nitrogens with zero attached hydrogens (tertiary/aromatic N) is 6. The molecule has 3 aromatic heterocycles. The molecule has 1 saturated heterocycles. The first-order chi connectivity index (χ1) is 15.6. The molecule has 9 heteroatoms. The van der Waals surface area contributed by atoms with E-state index in [1.807, 2.05) is 30.5 Å². The van der Waals surface area contributed by atoms with E-state index in [1.165, 1.54) is 10.8 Å². The second-order valence-electron chi connectivity index (χ2n) is 8.19. The number of benzene rings is 1. The largest absolute Gasteiger partial charge is 0.497 e. The van der Waals surface area contributed by atoms with Crippen LogP contribution in [0, 0.1) is 0 Å². The lowest BCUT2D eigenvalue weighted by atomic mass is 10.1. The Labute approximate surface area is 192 Å². The van der Waals surface area contributed by atoms with E-state index in [4.69, 9.17) is 14.5 Å². The number of hydrogen-bond donors (Lipinski definition) is 0. The maximum Gasteiger partial charge on any atom is 0.352 e. The zero-order valence-electron chi connectivity index (χ0n) is 18.3. The van der Waals surface area contributed by atoms with Crippen molar-refractivity contribution in [3.05, 3.63) is 64.5 Å². The van der Waals surface area contributed by atoms with Crippen molar-refractivity contribution in [2.75, 3.05) is 27.4 Å². The molecule has 0 radical (unpaired) electrons. The van der Waals surface area contributed by atoms with Gasteiger partial charge in [0, 0.05) is 32.0 Å². The third-order valence-corrected chi connectivity index (χ3v) is 6.13. The van der Waals surface area contributed by atoms with Crippen LogP contribution in [0.4, 0.5) is 0 Å². The molecule has 5 rings (SSSR count). The SMILES string of the molecule is C.COc1ccc(Cn2c(=O)n3ncnc3c3cc(CN(C)C4CCOCC4)cnc32)cc1. The average Bonchev–Trinajstić information content (AvgIpc) is 3.33. The van der Waals surface area contributed by atoms with Gasteiger partial charge in [-0.1, -0.05) is 19.6 Å². The average molecular weight is 451 g/mol. The number of fused-ring (bicyclic) bond motifs is 3. The summed E-state index contributed by atoms with van der Waals surface area (Å²) in [5, 5.41) is 4.98. The molecule has 0 atom stereocenters. The van der Waals surface area contributed by atoms with Gasteiger partial charge in [-0.15, -0.1) is 0 Å². The standard InChI is InChI=1S/C23H26N6O3.CH4/c1-27(18-7-9-32-10-8-18)13-17-11-20-21(24-12-17)28(23(30)29-22(20)25-15-26-29)14-16-3-5-19(31-2)6-4-16;/h3-6,11-12,15,18H,7-10,13-14H2,1-2H3;1H4. The number of rotatable bonds is 6. The Bertz CT molecular complexity index is 1290. The predicted octanol–water partition coefficient (Wildman–Crippen LogP) is 2.74. The van der Waals surface area contributed by atoms with Gasteiger partial charge in [-0.2, -0.15) is 9.61 Å². The lowest BCUT2D eigenvalue weighted by Gasteiger charge is -2.31. The molecular formula is C24H30N6O3. The van der Waals surface area contributed by atoms with Crippen molar-refractivity contribution in [2.24, 2.45) is 0 Å². The Morgan fingerprint density at radius 1 is 1.12 bits per heavy atom. The van der Waals surface area contributed by atoms with Crippen LogP contribution in [0.15, 0.2) is 47.7 Å². The molecule has 4 heterocycles. The topological polar surface area (TPSA) is 86.8 Å². The third kappa shape index (κ3) is 4.46. The van der Waals surface area contributed by atoms with E-state index in [9.17, 15) is 4.79 Å². The van der Waals surface area contributed by atoms with E-state index in [-0.39, 0.29) is 13.1 Å². The van der Waals surface area contributed by atoms with Crippen LogP contribution in [-0.4, -0.2) is 62.5 Å². The quantitative estimate of drug-likeness (QED) is 0.446. The molecule has 1 aliphatic rings.